The van der Waals surface area contributed by atoms with Gasteiger partial charge in [-0.25, -0.2) is 9.37 Å². The minimum atomic E-state index is -0.823. The Labute approximate surface area is 152 Å². The van der Waals surface area contributed by atoms with Gasteiger partial charge >= 0.3 is 0 Å². The molecule has 138 valence electrons. The predicted octanol–water partition coefficient (Wildman–Crippen LogP) is 1.19. The highest BCUT2D eigenvalue weighted by atomic mass is 19.1. The van der Waals surface area contributed by atoms with E-state index in [2.05, 4.69) is 10.3 Å². The van der Waals surface area contributed by atoms with E-state index in [4.69, 9.17) is 9.47 Å². The lowest BCUT2D eigenvalue weighted by molar-refractivity contribution is -0.0992. The summed E-state index contributed by atoms with van der Waals surface area (Å²) in [5, 5.41) is 12.8. The standard InChI is InChI=1S/C18H14FN3O5/c19-8-2-1-3-9(4-8)20-10-5-11(23)14-15(16(10)25)22-13(21-14)7-26-17-12(24)6-27-18(17)22/h1-5,12,17-18,20,24H,6-7H2/t12-,17-,18+/m1/s1. The van der Waals surface area contributed by atoms with Gasteiger partial charge < -0.3 is 19.9 Å². The van der Waals surface area contributed by atoms with Gasteiger partial charge in [-0.2, -0.15) is 0 Å². The molecule has 1 fully saturated rings. The van der Waals surface area contributed by atoms with Gasteiger partial charge in [-0.05, 0) is 18.2 Å². The van der Waals surface area contributed by atoms with E-state index in [0.29, 0.717) is 11.5 Å². The van der Waals surface area contributed by atoms with Crippen molar-refractivity contribution in [2.24, 2.45) is 0 Å². The monoisotopic (exact) mass is 371 g/mol. The minimum Gasteiger partial charge on any atom is -0.388 e. The number of ketones is 2. The van der Waals surface area contributed by atoms with Crippen LogP contribution in [-0.2, 0) is 16.1 Å². The number of allylic oxidation sites excluding steroid dienone is 2. The number of aromatic nitrogens is 2. The Hall–Kier alpha value is -2.88. The molecule has 9 heteroatoms. The molecule has 1 aromatic carbocycles. The molecule has 1 aliphatic carbocycles. The smallest absolute Gasteiger partial charge is 0.228 e. The van der Waals surface area contributed by atoms with Crippen LogP contribution < -0.4 is 5.32 Å². The quantitative estimate of drug-likeness (QED) is 0.817. The summed E-state index contributed by atoms with van der Waals surface area (Å²) in [5.74, 6) is -0.984. The number of aliphatic hydroxyl groups is 1. The summed E-state index contributed by atoms with van der Waals surface area (Å²) in [6, 6.07) is 5.58. The molecule has 1 aromatic heterocycles. The fourth-order valence-electron chi connectivity index (χ4n) is 3.61. The molecule has 0 radical (unpaired) electrons. The van der Waals surface area contributed by atoms with E-state index in [1.54, 1.807) is 6.07 Å². The summed E-state index contributed by atoms with van der Waals surface area (Å²) in [5.41, 5.74) is 0.471. The van der Waals surface area contributed by atoms with Crippen LogP contribution >= 0.6 is 0 Å². The number of anilines is 1. The van der Waals surface area contributed by atoms with Crippen molar-refractivity contribution in [3.8, 4) is 0 Å². The summed E-state index contributed by atoms with van der Waals surface area (Å²) in [4.78, 5) is 29.8. The number of rotatable bonds is 2. The van der Waals surface area contributed by atoms with E-state index in [1.165, 1.54) is 22.8 Å². The van der Waals surface area contributed by atoms with Crippen LogP contribution in [0.25, 0.3) is 0 Å². The second-order valence-electron chi connectivity index (χ2n) is 6.55. The van der Waals surface area contributed by atoms with Crippen molar-refractivity contribution in [1.82, 2.24) is 9.55 Å². The summed E-state index contributed by atoms with van der Waals surface area (Å²) < 4.78 is 26.1. The number of aliphatic hydroxyl groups excluding tert-OH is 1. The highest BCUT2D eigenvalue weighted by Gasteiger charge is 2.46. The Morgan fingerprint density at radius 2 is 2.15 bits per heavy atom. The summed E-state index contributed by atoms with van der Waals surface area (Å²) in [6.07, 6.45) is -1.04. The highest BCUT2D eigenvalue weighted by molar-refractivity contribution is 6.24. The van der Waals surface area contributed by atoms with Crippen molar-refractivity contribution in [2.75, 3.05) is 11.9 Å². The first-order chi connectivity index (χ1) is 13.0. The van der Waals surface area contributed by atoms with E-state index >= 15 is 0 Å². The number of imidazole rings is 1. The minimum absolute atomic E-state index is 0.0161. The molecule has 5 rings (SSSR count). The zero-order chi connectivity index (χ0) is 18.7. The SMILES string of the molecule is O=C1C=C(Nc2cccc(F)c2)C(=O)c2c1nc1n2[C@H]2OC[C@@H](O)[C@H]2OC1. The van der Waals surface area contributed by atoms with Crippen molar-refractivity contribution in [3.05, 3.63) is 59.1 Å². The summed E-state index contributed by atoms with van der Waals surface area (Å²) in [6.45, 7) is 0.121. The van der Waals surface area contributed by atoms with Gasteiger partial charge in [-0.3, -0.25) is 14.2 Å². The van der Waals surface area contributed by atoms with Gasteiger partial charge in [0.1, 0.15) is 41.8 Å². The first-order valence-corrected chi connectivity index (χ1v) is 8.38. The predicted molar refractivity (Wildman–Crippen MR) is 88.6 cm³/mol. The van der Waals surface area contributed by atoms with Gasteiger partial charge in [0.05, 0.1) is 12.3 Å². The van der Waals surface area contributed by atoms with Crippen LogP contribution in [0.2, 0.25) is 0 Å². The van der Waals surface area contributed by atoms with Crippen LogP contribution in [0.5, 0.6) is 0 Å². The molecule has 0 amide bonds. The molecule has 3 heterocycles. The number of hydrogen-bond acceptors (Lipinski definition) is 7. The number of Topliss-reactive ketones (excluding diaryl/α,β-unsaturated/α-hetero) is 1. The zero-order valence-electron chi connectivity index (χ0n) is 13.9. The summed E-state index contributed by atoms with van der Waals surface area (Å²) in [7, 11) is 0. The number of fused-ring (bicyclic) bond motifs is 5. The van der Waals surface area contributed by atoms with Crippen molar-refractivity contribution >= 4 is 17.3 Å². The van der Waals surface area contributed by atoms with Crippen LogP contribution in [0.15, 0.2) is 36.0 Å². The van der Waals surface area contributed by atoms with Crippen molar-refractivity contribution in [2.45, 2.75) is 25.0 Å². The van der Waals surface area contributed by atoms with Crippen LogP contribution in [0.1, 0.15) is 33.0 Å². The number of ether oxygens (including phenoxy) is 2. The fourth-order valence-corrected chi connectivity index (χ4v) is 3.61. The van der Waals surface area contributed by atoms with E-state index in [0.717, 1.165) is 6.08 Å². The van der Waals surface area contributed by atoms with Gasteiger partial charge in [0.2, 0.25) is 11.6 Å². The Kier molecular flexibility index (Phi) is 3.51. The van der Waals surface area contributed by atoms with E-state index in [9.17, 15) is 19.1 Å². The molecule has 0 unspecified atom stereocenters. The Morgan fingerprint density at radius 3 is 2.96 bits per heavy atom. The third kappa shape index (κ3) is 2.43. The molecule has 2 aliphatic heterocycles. The fraction of sp³-hybridized carbons (Fsp3) is 0.278. The molecule has 3 aliphatic rings. The molecule has 27 heavy (non-hydrogen) atoms. The third-order valence-corrected chi connectivity index (χ3v) is 4.81. The lowest BCUT2D eigenvalue weighted by atomic mass is 10.0. The average molecular weight is 371 g/mol. The number of hydrogen-bond donors (Lipinski definition) is 2. The van der Waals surface area contributed by atoms with Crippen LogP contribution in [0, 0.1) is 5.82 Å². The second kappa shape index (κ2) is 5.81. The van der Waals surface area contributed by atoms with Crippen LogP contribution in [0.3, 0.4) is 0 Å². The highest BCUT2D eigenvalue weighted by Crippen LogP contribution is 2.37. The van der Waals surface area contributed by atoms with Gasteiger partial charge in [-0.15, -0.1) is 0 Å². The normalized spacial score (nSPS) is 26.3. The number of halogens is 1. The molecular weight excluding hydrogens is 357 g/mol. The van der Waals surface area contributed by atoms with Crippen molar-refractivity contribution in [1.29, 1.82) is 0 Å². The van der Waals surface area contributed by atoms with Gasteiger partial charge in [0, 0.05) is 11.8 Å². The lowest BCUT2D eigenvalue weighted by Crippen LogP contribution is -2.38. The molecule has 2 N–H and O–H groups in total. The topological polar surface area (TPSA) is 103 Å². The molecule has 0 saturated carbocycles. The maximum Gasteiger partial charge on any atom is 0.228 e. The maximum atomic E-state index is 13.4. The van der Waals surface area contributed by atoms with Crippen LogP contribution in [-0.4, -0.2) is 45.0 Å². The second-order valence-corrected chi connectivity index (χ2v) is 6.55. The number of carbonyl (C=O) groups excluding carboxylic acids is 2. The number of nitrogens with zero attached hydrogens (tertiary/aromatic N) is 2. The first-order valence-electron chi connectivity index (χ1n) is 8.38. The van der Waals surface area contributed by atoms with E-state index in [1.807, 2.05) is 0 Å². The number of benzene rings is 1. The Bertz CT molecular complexity index is 1010. The van der Waals surface area contributed by atoms with E-state index < -0.39 is 35.8 Å². The molecule has 1 saturated heterocycles. The maximum absolute atomic E-state index is 13.4. The van der Waals surface area contributed by atoms with Crippen molar-refractivity contribution in [3.63, 3.8) is 0 Å². The Balaban J connectivity index is 1.55. The molecule has 8 nitrogen and oxygen atoms in total. The summed E-state index contributed by atoms with van der Waals surface area (Å²) >= 11 is 0. The largest absolute Gasteiger partial charge is 0.388 e. The van der Waals surface area contributed by atoms with E-state index in [-0.39, 0.29) is 30.3 Å². The van der Waals surface area contributed by atoms with Gasteiger partial charge in [-0.1, -0.05) is 6.07 Å². The van der Waals surface area contributed by atoms with Gasteiger partial charge in [0.15, 0.2) is 6.23 Å². The molecule has 0 bridgehead atoms. The zero-order valence-corrected chi connectivity index (χ0v) is 13.9. The Morgan fingerprint density at radius 1 is 1.30 bits per heavy atom. The molecule has 0 spiro atoms. The van der Waals surface area contributed by atoms with Crippen LogP contribution in [0.4, 0.5) is 10.1 Å². The average Bonchev–Trinajstić information content (AvgIpc) is 3.21. The molecular formula is C18H14FN3O5. The van der Waals surface area contributed by atoms with Gasteiger partial charge in [0.25, 0.3) is 0 Å². The molecule has 2 aromatic rings. The number of nitrogens with one attached hydrogen (secondary N) is 1. The number of carbonyl (C=O) groups is 2. The third-order valence-electron chi connectivity index (χ3n) is 4.81. The first kappa shape index (κ1) is 16.3. The molecule has 3 atom stereocenters. The van der Waals surface area contributed by atoms with Crippen molar-refractivity contribution < 1.29 is 28.6 Å². The lowest BCUT2D eigenvalue weighted by Gasteiger charge is -2.29.